The smallest absolute Gasteiger partial charge is 0.230 e. The summed E-state index contributed by atoms with van der Waals surface area (Å²) < 4.78 is 0. The van der Waals surface area contributed by atoms with Crippen LogP contribution in [0.1, 0.15) is 16.7 Å². The molecule has 0 bridgehead atoms. The molecule has 0 aliphatic heterocycles. The fourth-order valence-corrected chi connectivity index (χ4v) is 3.04. The summed E-state index contributed by atoms with van der Waals surface area (Å²) in [6.45, 7) is 4.78. The minimum atomic E-state index is 0. The monoisotopic (exact) mass is 350 g/mol. The van der Waals surface area contributed by atoms with Crippen LogP contribution in [0, 0.1) is 13.8 Å². The van der Waals surface area contributed by atoms with Crippen LogP contribution in [0.5, 0.6) is 0 Å². The SMILES string of the molecule is Cc1ccc(C)c(SCC(=O)NCCc2ccc(N)cc2)c1.Cl. The van der Waals surface area contributed by atoms with Gasteiger partial charge in [-0.05, 0) is 49.6 Å². The van der Waals surface area contributed by atoms with Gasteiger partial charge in [-0.25, -0.2) is 0 Å². The number of hydrogen-bond donors (Lipinski definition) is 2. The lowest BCUT2D eigenvalue weighted by molar-refractivity contribution is -0.118. The number of nitrogens with one attached hydrogen (secondary N) is 1. The van der Waals surface area contributed by atoms with Crippen LogP contribution in [-0.4, -0.2) is 18.2 Å². The zero-order valence-electron chi connectivity index (χ0n) is 13.5. The van der Waals surface area contributed by atoms with E-state index in [1.54, 1.807) is 11.8 Å². The molecule has 0 saturated heterocycles. The Kier molecular flexibility index (Phi) is 8.00. The van der Waals surface area contributed by atoms with Crippen molar-refractivity contribution in [1.29, 1.82) is 0 Å². The molecule has 0 radical (unpaired) electrons. The van der Waals surface area contributed by atoms with Crippen LogP contribution in [0.3, 0.4) is 0 Å². The molecular weight excluding hydrogens is 328 g/mol. The lowest BCUT2D eigenvalue weighted by Crippen LogP contribution is -2.27. The number of rotatable bonds is 6. The van der Waals surface area contributed by atoms with Crippen molar-refractivity contribution >= 4 is 35.8 Å². The van der Waals surface area contributed by atoms with E-state index in [-0.39, 0.29) is 18.3 Å². The molecule has 3 nitrogen and oxygen atoms in total. The van der Waals surface area contributed by atoms with Crippen molar-refractivity contribution < 1.29 is 4.79 Å². The van der Waals surface area contributed by atoms with E-state index in [1.165, 1.54) is 21.6 Å². The first-order valence-electron chi connectivity index (χ1n) is 7.36. The number of amides is 1. The van der Waals surface area contributed by atoms with Gasteiger partial charge in [-0.1, -0.05) is 29.8 Å². The van der Waals surface area contributed by atoms with Crippen molar-refractivity contribution in [2.75, 3.05) is 18.0 Å². The van der Waals surface area contributed by atoms with Crippen LogP contribution >= 0.6 is 24.2 Å². The number of thioether (sulfide) groups is 1. The summed E-state index contributed by atoms with van der Waals surface area (Å²) in [6.07, 6.45) is 0.820. The predicted octanol–water partition coefficient (Wildman–Crippen LogP) is 3.76. The average Bonchev–Trinajstić information content (AvgIpc) is 2.50. The summed E-state index contributed by atoms with van der Waals surface area (Å²) >= 11 is 1.59. The van der Waals surface area contributed by atoms with Crippen molar-refractivity contribution in [3.8, 4) is 0 Å². The van der Waals surface area contributed by atoms with E-state index in [9.17, 15) is 4.79 Å². The topological polar surface area (TPSA) is 55.1 Å². The number of carbonyl (C=O) groups excluding carboxylic acids is 1. The van der Waals surface area contributed by atoms with Crippen LogP contribution in [0.2, 0.25) is 0 Å². The van der Waals surface area contributed by atoms with Gasteiger partial charge < -0.3 is 11.1 Å². The van der Waals surface area contributed by atoms with Gasteiger partial charge >= 0.3 is 0 Å². The molecule has 2 aromatic rings. The van der Waals surface area contributed by atoms with Gasteiger partial charge in [0.15, 0.2) is 0 Å². The van der Waals surface area contributed by atoms with Gasteiger partial charge in [-0.3, -0.25) is 4.79 Å². The summed E-state index contributed by atoms with van der Waals surface area (Å²) in [7, 11) is 0. The number of carbonyl (C=O) groups is 1. The highest BCUT2D eigenvalue weighted by Gasteiger charge is 2.05. The molecule has 0 aromatic heterocycles. The van der Waals surface area contributed by atoms with Crippen molar-refractivity contribution in [1.82, 2.24) is 5.32 Å². The molecule has 3 N–H and O–H groups in total. The summed E-state index contributed by atoms with van der Waals surface area (Å²) in [6, 6.07) is 14.1. The quantitative estimate of drug-likeness (QED) is 0.616. The van der Waals surface area contributed by atoms with Gasteiger partial charge in [0.05, 0.1) is 5.75 Å². The van der Waals surface area contributed by atoms with Gasteiger partial charge in [0.25, 0.3) is 0 Å². The maximum atomic E-state index is 11.9. The standard InChI is InChI=1S/C18H22N2OS.ClH/c1-13-3-4-14(2)17(11-13)22-12-18(21)20-10-9-15-5-7-16(19)8-6-15;/h3-8,11H,9-10,12,19H2,1-2H3,(H,20,21);1H. The molecule has 0 aliphatic rings. The van der Waals surface area contributed by atoms with Crippen LogP contribution < -0.4 is 11.1 Å². The Morgan fingerprint density at radius 2 is 1.83 bits per heavy atom. The molecule has 2 rings (SSSR count). The number of nitrogen functional groups attached to an aromatic ring is 1. The molecule has 5 heteroatoms. The Hall–Kier alpha value is -1.65. The highest BCUT2D eigenvalue weighted by molar-refractivity contribution is 8.00. The molecule has 0 saturated carbocycles. The second-order valence-corrected chi connectivity index (χ2v) is 6.42. The molecular formula is C18H23ClN2OS. The van der Waals surface area contributed by atoms with E-state index in [2.05, 4.69) is 37.4 Å². The van der Waals surface area contributed by atoms with Crippen LogP contribution in [-0.2, 0) is 11.2 Å². The first-order valence-corrected chi connectivity index (χ1v) is 8.34. The molecule has 0 unspecified atom stereocenters. The fourth-order valence-electron chi connectivity index (χ4n) is 2.09. The minimum absolute atomic E-state index is 0. The van der Waals surface area contributed by atoms with Gasteiger partial charge in [-0.15, -0.1) is 24.2 Å². The highest BCUT2D eigenvalue weighted by atomic mass is 35.5. The number of anilines is 1. The second-order valence-electron chi connectivity index (χ2n) is 5.40. The van der Waals surface area contributed by atoms with Crippen molar-refractivity contribution in [2.24, 2.45) is 0 Å². The first kappa shape index (κ1) is 19.4. The molecule has 0 fully saturated rings. The van der Waals surface area contributed by atoms with E-state index in [1.807, 2.05) is 24.3 Å². The summed E-state index contributed by atoms with van der Waals surface area (Å²) in [4.78, 5) is 13.1. The Balaban J connectivity index is 0.00000264. The van der Waals surface area contributed by atoms with E-state index in [4.69, 9.17) is 5.73 Å². The molecule has 0 atom stereocenters. The molecule has 124 valence electrons. The van der Waals surface area contributed by atoms with E-state index in [0.29, 0.717) is 12.3 Å². The predicted molar refractivity (Wildman–Crippen MR) is 101 cm³/mol. The molecule has 23 heavy (non-hydrogen) atoms. The third kappa shape index (κ3) is 6.55. The van der Waals surface area contributed by atoms with E-state index < -0.39 is 0 Å². The zero-order valence-corrected chi connectivity index (χ0v) is 15.1. The van der Waals surface area contributed by atoms with Crippen LogP contribution in [0.15, 0.2) is 47.4 Å². The van der Waals surface area contributed by atoms with Crippen molar-refractivity contribution in [2.45, 2.75) is 25.2 Å². The zero-order chi connectivity index (χ0) is 15.9. The number of hydrogen-bond acceptors (Lipinski definition) is 3. The number of aryl methyl sites for hydroxylation is 2. The Morgan fingerprint density at radius 3 is 2.52 bits per heavy atom. The van der Waals surface area contributed by atoms with Gasteiger partial charge in [-0.2, -0.15) is 0 Å². The average molecular weight is 351 g/mol. The normalized spacial score (nSPS) is 10.0. The highest BCUT2D eigenvalue weighted by Crippen LogP contribution is 2.23. The second kappa shape index (κ2) is 9.48. The molecule has 0 aliphatic carbocycles. The van der Waals surface area contributed by atoms with Crippen LogP contribution in [0.25, 0.3) is 0 Å². The number of benzene rings is 2. The number of halogens is 1. The largest absolute Gasteiger partial charge is 0.399 e. The summed E-state index contributed by atoms with van der Waals surface area (Å²) in [5.74, 6) is 0.521. The van der Waals surface area contributed by atoms with Crippen LogP contribution in [0.4, 0.5) is 5.69 Å². The van der Waals surface area contributed by atoms with Crippen molar-refractivity contribution in [3.63, 3.8) is 0 Å². The summed E-state index contributed by atoms with van der Waals surface area (Å²) in [5.41, 5.74) is 10.0. The van der Waals surface area contributed by atoms with Gasteiger partial charge in [0.2, 0.25) is 5.91 Å². The third-order valence-electron chi connectivity index (χ3n) is 3.42. The van der Waals surface area contributed by atoms with Gasteiger partial charge in [0.1, 0.15) is 0 Å². The molecule has 0 heterocycles. The molecule has 2 aromatic carbocycles. The first-order chi connectivity index (χ1) is 10.5. The molecule has 0 spiro atoms. The third-order valence-corrected chi connectivity index (χ3v) is 4.58. The Bertz CT molecular complexity index is 644. The Labute approximate surface area is 148 Å². The van der Waals surface area contributed by atoms with Gasteiger partial charge in [0, 0.05) is 17.1 Å². The van der Waals surface area contributed by atoms with E-state index in [0.717, 1.165) is 12.1 Å². The number of nitrogens with two attached hydrogens (primary N) is 1. The lowest BCUT2D eigenvalue weighted by Gasteiger charge is -2.08. The maximum absolute atomic E-state index is 11.9. The molecule has 1 amide bonds. The minimum Gasteiger partial charge on any atom is -0.399 e. The summed E-state index contributed by atoms with van der Waals surface area (Å²) in [5, 5.41) is 2.96. The van der Waals surface area contributed by atoms with Crippen molar-refractivity contribution in [3.05, 3.63) is 59.2 Å². The fraction of sp³-hybridized carbons (Fsp3) is 0.278. The Morgan fingerprint density at radius 1 is 1.13 bits per heavy atom. The lowest BCUT2D eigenvalue weighted by atomic mass is 10.1. The van der Waals surface area contributed by atoms with E-state index >= 15 is 0 Å². The maximum Gasteiger partial charge on any atom is 0.230 e.